The second-order valence-electron chi connectivity index (χ2n) is 8.89. The van der Waals surface area contributed by atoms with Crippen molar-refractivity contribution in [3.05, 3.63) is 36.7 Å². The highest BCUT2D eigenvalue weighted by molar-refractivity contribution is 5.88. The molecule has 1 N–H and O–H groups in total. The molecule has 1 atom stereocenters. The molecule has 10 nitrogen and oxygen atoms in total. The van der Waals surface area contributed by atoms with E-state index in [0.29, 0.717) is 29.0 Å². The first-order valence-corrected chi connectivity index (χ1v) is 11.9. The molecule has 0 aliphatic heterocycles. The average molecular weight is 478 g/mol. The number of imidazole rings is 1. The maximum absolute atomic E-state index is 5.49. The fourth-order valence-electron chi connectivity index (χ4n) is 4.10. The van der Waals surface area contributed by atoms with Crippen LogP contribution in [0.25, 0.3) is 16.7 Å². The first-order chi connectivity index (χ1) is 17.0. The number of fused-ring (bicyclic) bond motifs is 1. The molecule has 0 spiro atoms. The van der Waals surface area contributed by atoms with Crippen molar-refractivity contribution in [3.63, 3.8) is 0 Å². The molecule has 1 aromatic carbocycles. The van der Waals surface area contributed by atoms with Crippen LogP contribution in [0.1, 0.15) is 45.0 Å². The fraction of sp³-hybridized carbons (Fsp3) is 0.440. The van der Waals surface area contributed by atoms with Crippen molar-refractivity contribution in [2.75, 3.05) is 26.6 Å². The van der Waals surface area contributed by atoms with Gasteiger partial charge in [-0.3, -0.25) is 0 Å². The molecule has 3 aromatic heterocycles. The van der Waals surface area contributed by atoms with Gasteiger partial charge in [-0.1, -0.05) is 6.92 Å². The first kappa shape index (κ1) is 22.9. The summed E-state index contributed by atoms with van der Waals surface area (Å²) >= 11 is 0. The van der Waals surface area contributed by atoms with Crippen molar-refractivity contribution in [1.82, 2.24) is 29.3 Å². The summed E-state index contributed by atoms with van der Waals surface area (Å²) in [6, 6.07) is 4.00. The molecule has 35 heavy (non-hydrogen) atoms. The molecule has 5 rings (SSSR count). The van der Waals surface area contributed by atoms with E-state index in [1.807, 2.05) is 33.8 Å². The predicted octanol–water partition coefficient (Wildman–Crippen LogP) is 4.70. The van der Waals surface area contributed by atoms with Gasteiger partial charge < -0.3 is 24.1 Å². The molecule has 0 radical (unpaired) electrons. The summed E-state index contributed by atoms with van der Waals surface area (Å²) < 4.78 is 20.3. The van der Waals surface area contributed by atoms with Crippen LogP contribution in [0.15, 0.2) is 30.9 Å². The molecule has 1 aliphatic rings. The molecule has 1 saturated carbocycles. The average Bonchev–Trinajstić information content (AvgIpc) is 3.38. The van der Waals surface area contributed by atoms with E-state index in [-0.39, 0.29) is 6.04 Å². The number of methoxy groups -OCH3 is 3. The van der Waals surface area contributed by atoms with Gasteiger partial charge in [0.15, 0.2) is 17.1 Å². The first-order valence-electron chi connectivity index (χ1n) is 11.9. The standard InChI is InChI=1S/C25H31N7O3/c1-6-15(2)32-25-18(12-27-32)24(28-21(30-25)9-16-7-8-16)29-22-13-31(14-26-22)17-10-19(33-3)23(35-5)20(11-17)34-4/h10-16H,6-9H2,1-5H3,(H,28,29,30). The van der Waals surface area contributed by atoms with E-state index in [1.165, 1.54) is 12.8 Å². The topological polar surface area (TPSA) is 101 Å². The Bertz CT molecular complexity index is 1320. The summed E-state index contributed by atoms with van der Waals surface area (Å²) in [6.45, 7) is 4.31. The Morgan fingerprint density at radius 3 is 2.46 bits per heavy atom. The lowest BCUT2D eigenvalue weighted by molar-refractivity contribution is 0.324. The van der Waals surface area contributed by atoms with Crippen molar-refractivity contribution < 1.29 is 14.2 Å². The number of rotatable bonds is 10. The zero-order valence-corrected chi connectivity index (χ0v) is 20.8. The number of aromatic nitrogens is 6. The van der Waals surface area contributed by atoms with E-state index >= 15 is 0 Å². The van der Waals surface area contributed by atoms with E-state index < -0.39 is 0 Å². The van der Waals surface area contributed by atoms with Gasteiger partial charge in [0.25, 0.3) is 0 Å². The molecule has 1 fully saturated rings. The Balaban J connectivity index is 1.50. The van der Waals surface area contributed by atoms with Gasteiger partial charge in [0, 0.05) is 18.6 Å². The van der Waals surface area contributed by atoms with Crippen molar-refractivity contribution in [2.45, 2.75) is 45.6 Å². The summed E-state index contributed by atoms with van der Waals surface area (Å²) in [7, 11) is 4.78. The van der Waals surface area contributed by atoms with Crippen molar-refractivity contribution in [3.8, 4) is 22.9 Å². The van der Waals surface area contributed by atoms with Crippen LogP contribution in [-0.2, 0) is 6.42 Å². The monoisotopic (exact) mass is 477 g/mol. The Kier molecular flexibility index (Phi) is 6.19. The summed E-state index contributed by atoms with van der Waals surface area (Å²) in [5.74, 6) is 4.59. The Morgan fingerprint density at radius 2 is 1.83 bits per heavy atom. The van der Waals surface area contributed by atoms with Gasteiger partial charge in [-0.2, -0.15) is 5.10 Å². The minimum Gasteiger partial charge on any atom is -0.493 e. The van der Waals surface area contributed by atoms with Crippen LogP contribution >= 0.6 is 0 Å². The number of hydrogen-bond acceptors (Lipinski definition) is 8. The second-order valence-corrected chi connectivity index (χ2v) is 8.89. The molecule has 1 unspecified atom stereocenters. The zero-order valence-electron chi connectivity index (χ0n) is 20.8. The van der Waals surface area contributed by atoms with Gasteiger partial charge in [0.05, 0.1) is 50.8 Å². The Labute approximate surface area is 204 Å². The number of ether oxygens (including phenoxy) is 3. The third-order valence-electron chi connectivity index (χ3n) is 6.45. The minimum absolute atomic E-state index is 0.253. The molecule has 0 bridgehead atoms. The number of nitrogens with one attached hydrogen (secondary N) is 1. The van der Waals surface area contributed by atoms with Gasteiger partial charge in [-0.25, -0.2) is 19.6 Å². The smallest absolute Gasteiger partial charge is 0.203 e. The van der Waals surface area contributed by atoms with E-state index in [9.17, 15) is 0 Å². The van der Waals surface area contributed by atoms with E-state index in [4.69, 9.17) is 24.2 Å². The van der Waals surface area contributed by atoms with Crippen LogP contribution in [0, 0.1) is 5.92 Å². The number of hydrogen-bond donors (Lipinski definition) is 1. The van der Waals surface area contributed by atoms with Gasteiger partial charge in [0.2, 0.25) is 5.75 Å². The second kappa shape index (κ2) is 9.44. The highest BCUT2D eigenvalue weighted by Gasteiger charge is 2.25. The van der Waals surface area contributed by atoms with Gasteiger partial charge in [0.1, 0.15) is 23.8 Å². The molecule has 0 saturated heterocycles. The molecule has 1 aliphatic carbocycles. The summed E-state index contributed by atoms with van der Waals surface area (Å²) in [5, 5.41) is 8.90. The molecule has 0 amide bonds. The zero-order chi connectivity index (χ0) is 24.5. The molecule has 3 heterocycles. The van der Waals surface area contributed by atoms with Gasteiger partial charge in [-0.05, 0) is 32.1 Å². The van der Waals surface area contributed by atoms with Crippen LogP contribution < -0.4 is 19.5 Å². The third-order valence-corrected chi connectivity index (χ3v) is 6.45. The van der Waals surface area contributed by atoms with Crippen LogP contribution in [0.4, 0.5) is 11.6 Å². The van der Waals surface area contributed by atoms with Crippen LogP contribution in [-0.4, -0.2) is 50.6 Å². The lowest BCUT2D eigenvalue weighted by Gasteiger charge is -2.14. The fourth-order valence-corrected chi connectivity index (χ4v) is 4.10. The van der Waals surface area contributed by atoms with Crippen LogP contribution in [0.5, 0.6) is 17.2 Å². The Hall–Kier alpha value is -3.82. The van der Waals surface area contributed by atoms with Gasteiger partial charge in [-0.15, -0.1) is 0 Å². The van der Waals surface area contributed by atoms with E-state index in [1.54, 1.807) is 27.7 Å². The highest BCUT2D eigenvalue weighted by Crippen LogP contribution is 2.39. The van der Waals surface area contributed by atoms with Gasteiger partial charge >= 0.3 is 0 Å². The third kappa shape index (κ3) is 4.48. The minimum atomic E-state index is 0.253. The van der Waals surface area contributed by atoms with Crippen LogP contribution in [0.2, 0.25) is 0 Å². The largest absolute Gasteiger partial charge is 0.493 e. The Morgan fingerprint density at radius 1 is 1.09 bits per heavy atom. The molecule has 184 valence electrons. The lowest BCUT2D eigenvalue weighted by Crippen LogP contribution is -2.09. The molecule has 4 aromatic rings. The molecule has 10 heteroatoms. The quantitative estimate of drug-likeness (QED) is 0.351. The summed E-state index contributed by atoms with van der Waals surface area (Å²) in [6.07, 6.45) is 9.81. The van der Waals surface area contributed by atoms with E-state index in [2.05, 4.69) is 29.2 Å². The SMILES string of the molecule is CCC(C)n1ncc2c(Nc3cn(-c4cc(OC)c(OC)c(OC)c4)cn3)nc(CC3CC3)nc21. The number of nitrogens with zero attached hydrogens (tertiary/aromatic N) is 6. The number of anilines is 2. The summed E-state index contributed by atoms with van der Waals surface area (Å²) in [5.41, 5.74) is 1.68. The molecular formula is C25H31N7O3. The predicted molar refractivity (Wildman–Crippen MR) is 133 cm³/mol. The van der Waals surface area contributed by atoms with Crippen molar-refractivity contribution >= 4 is 22.7 Å². The number of benzene rings is 1. The molecular weight excluding hydrogens is 446 g/mol. The summed E-state index contributed by atoms with van der Waals surface area (Å²) in [4.78, 5) is 14.3. The normalized spacial score (nSPS) is 14.2. The van der Waals surface area contributed by atoms with Crippen molar-refractivity contribution in [1.29, 1.82) is 0 Å². The van der Waals surface area contributed by atoms with Crippen LogP contribution in [0.3, 0.4) is 0 Å². The maximum Gasteiger partial charge on any atom is 0.203 e. The highest BCUT2D eigenvalue weighted by atomic mass is 16.5. The maximum atomic E-state index is 5.49. The van der Waals surface area contributed by atoms with E-state index in [0.717, 1.165) is 41.2 Å². The van der Waals surface area contributed by atoms with Crippen molar-refractivity contribution in [2.24, 2.45) is 5.92 Å². The lowest BCUT2D eigenvalue weighted by atomic mass is 10.2.